The molecular weight excluding hydrogens is 196 g/mol. The summed E-state index contributed by atoms with van der Waals surface area (Å²) in [5.41, 5.74) is 1.12. The molecule has 0 bridgehead atoms. The van der Waals surface area contributed by atoms with Gasteiger partial charge < -0.3 is 5.11 Å². The van der Waals surface area contributed by atoms with Crippen molar-refractivity contribution in [3.63, 3.8) is 0 Å². The summed E-state index contributed by atoms with van der Waals surface area (Å²) in [5, 5.41) is 9.21. The molecule has 14 heavy (non-hydrogen) atoms. The number of aryl methyl sites for hydroxylation is 1. The van der Waals surface area contributed by atoms with Crippen LogP contribution < -0.4 is 0 Å². The third-order valence-electron chi connectivity index (χ3n) is 1.94. The zero-order chi connectivity index (χ0) is 10.7. The predicted octanol–water partition coefficient (Wildman–Crippen LogP) is 2.00. The van der Waals surface area contributed by atoms with Crippen LogP contribution in [0.2, 0.25) is 0 Å². The van der Waals surface area contributed by atoms with Gasteiger partial charge in [-0.15, -0.1) is 0 Å². The molecule has 1 N–H and O–H groups in total. The minimum absolute atomic E-state index is 0.342. The molecule has 1 aromatic carbocycles. The summed E-state index contributed by atoms with van der Waals surface area (Å²) in [6, 6.07) is 7.36. The van der Waals surface area contributed by atoms with E-state index in [1.54, 1.807) is 19.1 Å². The maximum atomic E-state index is 11.7. The molecule has 3 heteroatoms. The SMILES string of the molecule is C=C(C(C)O)S(=O)c1ccc(C)cc1. The van der Waals surface area contributed by atoms with Crippen molar-refractivity contribution in [2.75, 3.05) is 0 Å². The molecule has 0 heterocycles. The van der Waals surface area contributed by atoms with E-state index in [1.807, 2.05) is 19.1 Å². The van der Waals surface area contributed by atoms with Crippen LogP contribution in [0, 0.1) is 6.92 Å². The lowest BCUT2D eigenvalue weighted by atomic mass is 10.2. The summed E-state index contributed by atoms with van der Waals surface area (Å²) in [5.74, 6) is 0. The summed E-state index contributed by atoms with van der Waals surface area (Å²) in [7, 11) is -1.31. The van der Waals surface area contributed by atoms with E-state index >= 15 is 0 Å². The lowest BCUT2D eigenvalue weighted by Crippen LogP contribution is -2.08. The van der Waals surface area contributed by atoms with E-state index in [9.17, 15) is 9.32 Å². The first-order valence-electron chi connectivity index (χ1n) is 4.37. The van der Waals surface area contributed by atoms with Crippen molar-refractivity contribution < 1.29 is 9.32 Å². The third kappa shape index (κ3) is 2.53. The van der Waals surface area contributed by atoms with Gasteiger partial charge in [-0.05, 0) is 26.0 Å². The van der Waals surface area contributed by atoms with E-state index in [0.717, 1.165) is 5.56 Å². The Labute approximate surface area is 86.7 Å². The first-order valence-corrected chi connectivity index (χ1v) is 5.52. The number of hydrogen-bond donors (Lipinski definition) is 1. The number of rotatable bonds is 3. The van der Waals surface area contributed by atoms with Gasteiger partial charge in [0.25, 0.3) is 0 Å². The summed E-state index contributed by atoms with van der Waals surface area (Å²) in [6.45, 7) is 7.14. The van der Waals surface area contributed by atoms with Gasteiger partial charge in [-0.1, -0.05) is 24.3 Å². The third-order valence-corrected chi connectivity index (χ3v) is 3.46. The normalized spacial score (nSPS) is 14.8. The smallest absolute Gasteiger partial charge is 0.0843 e. The zero-order valence-corrected chi connectivity index (χ0v) is 9.17. The fraction of sp³-hybridized carbons (Fsp3) is 0.273. The van der Waals surface area contributed by atoms with Gasteiger partial charge in [0, 0.05) is 9.80 Å². The molecule has 0 radical (unpaired) electrons. The van der Waals surface area contributed by atoms with E-state index in [2.05, 4.69) is 6.58 Å². The Balaban J connectivity index is 2.90. The Kier molecular flexibility index (Phi) is 3.61. The Bertz CT molecular complexity index is 352. The van der Waals surface area contributed by atoms with Gasteiger partial charge in [-0.3, -0.25) is 0 Å². The molecule has 0 aliphatic rings. The minimum Gasteiger partial charge on any atom is -0.388 e. The zero-order valence-electron chi connectivity index (χ0n) is 8.36. The lowest BCUT2D eigenvalue weighted by Gasteiger charge is -2.08. The van der Waals surface area contributed by atoms with Gasteiger partial charge in [0.1, 0.15) is 0 Å². The van der Waals surface area contributed by atoms with Crippen molar-refractivity contribution >= 4 is 10.8 Å². The van der Waals surface area contributed by atoms with Crippen LogP contribution in [0.4, 0.5) is 0 Å². The van der Waals surface area contributed by atoms with E-state index in [0.29, 0.717) is 9.80 Å². The molecular formula is C11H14O2S. The summed E-state index contributed by atoms with van der Waals surface area (Å²) >= 11 is 0. The van der Waals surface area contributed by atoms with Crippen LogP contribution in [0.3, 0.4) is 0 Å². The number of benzene rings is 1. The second kappa shape index (κ2) is 4.53. The van der Waals surface area contributed by atoms with E-state index in [4.69, 9.17) is 0 Å². The number of aliphatic hydroxyl groups excluding tert-OH is 1. The Morgan fingerprint density at radius 2 is 1.93 bits per heavy atom. The van der Waals surface area contributed by atoms with Crippen LogP contribution in [-0.2, 0) is 10.8 Å². The molecule has 0 amide bonds. The molecule has 2 atom stereocenters. The van der Waals surface area contributed by atoms with Gasteiger partial charge >= 0.3 is 0 Å². The summed E-state index contributed by atoms with van der Waals surface area (Å²) in [6.07, 6.45) is -0.739. The Morgan fingerprint density at radius 1 is 1.43 bits per heavy atom. The second-order valence-corrected chi connectivity index (χ2v) is 4.76. The van der Waals surface area contributed by atoms with Crippen LogP contribution >= 0.6 is 0 Å². The highest BCUT2D eigenvalue weighted by molar-refractivity contribution is 7.89. The van der Waals surface area contributed by atoms with Gasteiger partial charge in [-0.25, -0.2) is 4.21 Å². The lowest BCUT2D eigenvalue weighted by molar-refractivity contribution is 0.240. The fourth-order valence-corrected chi connectivity index (χ4v) is 1.96. The fourth-order valence-electron chi connectivity index (χ4n) is 0.968. The predicted molar refractivity (Wildman–Crippen MR) is 58.4 cm³/mol. The first-order chi connectivity index (χ1) is 6.52. The molecule has 1 aromatic rings. The second-order valence-electron chi connectivity index (χ2n) is 3.22. The topological polar surface area (TPSA) is 37.3 Å². The van der Waals surface area contributed by atoms with Gasteiger partial charge in [0.2, 0.25) is 0 Å². The van der Waals surface area contributed by atoms with Crippen molar-refractivity contribution in [2.45, 2.75) is 24.8 Å². The molecule has 0 saturated carbocycles. The highest BCUT2D eigenvalue weighted by Gasteiger charge is 2.12. The molecule has 76 valence electrons. The summed E-state index contributed by atoms with van der Waals surface area (Å²) < 4.78 is 11.7. The van der Waals surface area contributed by atoms with Gasteiger partial charge in [0.05, 0.1) is 16.9 Å². The van der Waals surface area contributed by atoms with Crippen LogP contribution in [0.15, 0.2) is 40.6 Å². The van der Waals surface area contributed by atoms with Crippen molar-refractivity contribution in [1.82, 2.24) is 0 Å². The Hall–Kier alpha value is -0.930. The average molecular weight is 210 g/mol. The van der Waals surface area contributed by atoms with Crippen LogP contribution in [0.25, 0.3) is 0 Å². The molecule has 0 aliphatic carbocycles. The molecule has 2 nitrogen and oxygen atoms in total. The molecule has 0 aromatic heterocycles. The van der Waals surface area contributed by atoms with Crippen molar-refractivity contribution in [3.8, 4) is 0 Å². The van der Waals surface area contributed by atoms with E-state index < -0.39 is 16.9 Å². The highest BCUT2D eigenvalue weighted by atomic mass is 32.2. The molecule has 0 fully saturated rings. The minimum atomic E-state index is -1.31. The van der Waals surface area contributed by atoms with Crippen LogP contribution in [0.1, 0.15) is 12.5 Å². The van der Waals surface area contributed by atoms with E-state index in [-0.39, 0.29) is 0 Å². The van der Waals surface area contributed by atoms with Crippen LogP contribution in [-0.4, -0.2) is 15.4 Å². The molecule has 1 rings (SSSR count). The average Bonchev–Trinajstić information content (AvgIpc) is 2.16. The standard InChI is InChI=1S/C11H14O2S/c1-8-4-6-11(7-5-8)14(13)10(3)9(2)12/h4-7,9,12H,3H2,1-2H3. The Morgan fingerprint density at radius 3 is 2.36 bits per heavy atom. The van der Waals surface area contributed by atoms with Crippen LogP contribution in [0.5, 0.6) is 0 Å². The van der Waals surface area contributed by atoms with Crippen molar-refractivity contribution in [2.24, 2.45) is 0 Å². The van der Waals surface area contributed by atoms with Gasteiger partial charge in [-0.2, -0.15) is 0 Å². The molecule has 2 unspecified atom stereocenters. The first kappa shape index (κ1) is 11.1. The number of aliphatic hydroxyl groups is 1. The number of hydrogen-bond acceptors (Lipinski definition) is 2. The molecule has 0 aliphatic heterocycles. The quantitative estimate of drug-likeness (QED) is 0.828. The van der Waals surface area contributed by atoms with E-state index in [1.165, 1.54) is 0 Å². The summed E-state index contributed by atoms with van der Waals surface area (Å²) in [4.78, 5) is 1.02. The monoisotopic (exact) mass is 210 g/mol. The van der Waals surface area contributed by atoms with Crippen molar-refractivity contribution in [1.29, 1.82) is 0 Å². The van der Waals surface area contributed by atoms with Gasteiger partial charge in [0.15, 0.2) is 0 Å². The van der Waals surface area contributed by atoms with Crippen molar-refractivity contribution in [3.05, 3.63) is 41.3 Å². The highest BCUT2D eigenvalue weighted by Crippen LogP contribution is 2.16. The largest absolute Gasteiger partial charge is 0.388 e. The maximum Gasteiger partial charge on any atom is 0.0843 e. The molecule has 0 saturated heterocycles. The maximum absolute atomic E-state index is 11.7. The molecule has 0 spiro atoms.